The Morgan fingerprint density at radius 2 is 1.88 bits per heavy atom. The molecule has 5 heteroatoms. The molecule has 88 valence electrons. The van der Waals surface area contributed by atoms with Crippen molar-refractivity contribution in [3.63, 3.8) is 0 Å². The molecule has 0 aliphatic carbocycles. The number of nitrogens with two attached hydrogens (primary N) is 1. The van der Waals surface area contributed by atoms with E-state index in [1.54, 1.807) is 18.9 Å². The van der Waals surface area contributed by atoms with Gasteiger partial charge in [-0.2, -0.15) is 0 Å². The fourth-order valence-electron chi connectivity index (χ4n) is 1.46. The van der Waals surface area contributed by atoms with Gasteiger partial charge in [0.15, 0.2) is 0 Å². The van der Waals surface area contributed by atoms with Gasteiger partial charge in [-0.3, -0.25) is 0 Å². The van der Waals surface area contributed by atoms with Gasteiger partial charge in [-0.1, -0.05) is 0 Å². The van der Waals surface area contributed by atoms with E-state index in [2.05, 4.69) is 9.97 Å². The Bertz CT molecular complexity index is 514. The van der Waals surface area contributed by atoms with Gasteiger partial charge in [-0.05, 0) is 36.6 Å². The fourth-order valence-corrected chi connectivity index (χ4v) is 1.87. The summed E-state index contributed by atoms with van der Waals surface area (Å²) in [5.74, 6) is 1.11. The number of anilines is 1. The van der Waals surface area contributed by atoms with Crippen LogP contribution in [-0.4, -0.2) is 23.3 Å². The molecule has 0 radical (unpaired) electrons. The number of thioether (sulfide) groups is 1. The van der Waals surface area contributed by atoms with Gasteiger partial charge < -0.3 is 10.5 Å². The van der Waals surface area contributed by atoms with Gasteiger partial charge in [-0.15, -0.1) is 11.8 Å². The van der Waals surface area contributed by atoms with E-state index in [0.717, 1.165) is 22.0 Å². The molecule has 0 aliphatic rings. The average Bonchev–Trinajstić information content (AvgIpc) is 2.38. The number of rotatable bonds is 3. The second-order valence-electron chi connectivity index (χ2n) is 3.38. The van der Waals surface area contributed by atoms with Crippen molar-refractivity contribution in [2.75, 3.05) is 19.1 Å². The molecule has 2 aromatic rings. The molecule has 1 aromatic heterocycles. The lowest BCUT2D eigenvalue weighted by Crippen LogP contribution is -1.97. The van der Waals surface area contributed by atoms with Crippen LogP contribution in [0.4, 0.5) is 5.95 Å². The summed E-state index contributed by atoms with van der Waals surface area (Å²) in [6.07, 6.45) is 1.96. The van der Waals surface area contributed by atoms with Crippen LogP contribution in [0.1, 0.15) is 0 Å². The number of hydrogen-bond donors (Lipinski definition) is 1. The third-order valence-corrected chi connectivity index (χ3v) is 2.94. The van der Waals surface area contributed by atoms with Crippen LogP contribution in [0.5, 0.6) is 5.75 Å². The van der Waals surface area contributed by atoms with Crippen molar-refractivity contribution in [3.8, 4) is 17.0 Å². The lowest BCUT2D eigenvalue weighted by molar-refractivity contribution is 0.415. The molecule has 0 saturated carbocycles. The lowest BCUT2D eigenvalue weighted by Gasteiger charge is -2.05. The molecule has 17 heavy (non-hydrogen) atoms. The van der Waals surface area contributed by atoms with E-state index < -0.39 is 0 Å². The summed E-state index contributed by atoms with van der Waals surface area (Å²) < 4.78 is 5.11. The second-order valence-corrected chi connectivity index (χ2v) is 4.21. The van der Waals surface area contributed by atoms with Crippen molar-refractivity contribution in [3.05, 3.63) is 30.3 Å². The van der Waals surface area contributed by atoms with Crippen LogP contribution >= 0.6 is 11.8 Å². The maximum absolute atomic E-state index is 5.67. The number of nitrogen functional groups attached to an aromatic ring is 1. The number of nitrogens with zero attached hydrogens (tertiary/aromatic N) is 2. The monoisotopic (exact) mass is 247 g/mol. The molecule has 1 heterocycles. The van der Waals surface area contributed by atoms with Gasteiger partial charge >= 0.3 is 0 Å². The van der Waals surface area contributed by atoms with Crippen LogP contribution in [-0.2, 0) is 0 Å². The molecule has 2 N–H and O–H groups in total. The molecule has 0 saturated heterocycles. The molecular weight excluding hydrogens is 234 g/mol. The van der Waals surface area contributed by atoms with Crippen molar-refractivity contribution in [2.24, 2.45) is 0 Å². The molecule has 2 rings (SSSR count). The number of benzene rings is 1. The minimum absolute atomic E-state index is 0.294. The third kappa shape index (κ3) is 2.68. The average molecular weight is 247 g/mol. The quantitative estimate of drug-likeness (QED) is 0.667. The van der Waals surface area contributed by atoms with Crippen LogP contribution in [0.2, 0.25) is 0 Å². The van der Waals surface area contributed by atoms with E-state index in [4.69, 9.17) is 10.5 Å². The summed E-state index contributed by atoms with van der Waals surface area (Å²) in [5.41, 5.74) is 7.49. The molecule has 0 aliphatic heterocycles. The number of aromatic nitrogens is 2. The molecule has 0 atom stereocenters. The van der Waals surface area contributed by atoms with E-state index in [1.165, 1.54) is 0 Å². The zero-order valence-electron chi connectivity index (χ0n) is 9.68. The highest BCUT2D eigenvalue weighted by molar-refractivity contribution is 7.98. The molecule has 0 amide bonds. The van der Waals surface area contributed by atoms with Crippen molar-refractivity contribution in [1.82, 2.24) is 9.97 Å². The van der Waals surface area contributed by atoms with Gasteiger partial charge in [-0.25, -0.2) is 9.97 Å². The summed E-state index contributed by atoms with van der Waals surface area (Å²) in [6, 6.07) is 9.61. The molecule has 0 spiro atoms. The molecule has 0 unspecified atom stereocenters. The van der Waals surface area contributed by atoms with Crippen molar-refractivity contribution in [2.45, 2.75) is 5.03 Å². The SMILES string of the molecule is COc1ccc(-c2cc(SC)nc(N)n2)cc1. The Balaban J connectivity index is 2.41. The summed E-state index contributed by atoms with van der Waals surface area (Å²) in [4.78, 5) is 8.34. The highest BCUT2D eigenvalue weighted by Gasteiger charge is 2.04. The van der Waals surface area contributed by atoms with Crippen LogP contribution in [0.15, 0.2) is 35.4 Å². The minimum atomic E-state index is 0.294. The first-order chi connectivity index (χ1) is 8.22. The Hall–Kier alpha value is -1.75. The van der Waals surface area contributed by atoms with Gasteiger partial charge in [0.2, 0.25) is 5.95 Å². The van der Waals surface area contributed by atoms with Crippen molar-refractivity contribution >= 4 is 17.7 Å². The summed E-state index contributed by atoms with van der Waals surface area (Å²) in [7, 11) is 1.64. The standard InChI is InChI=1S/C12H13N3OS/c1-16-9-5-3-8(4-6-9)10-7-11(17-2)15-12(13)14-10/h3-7H,1-2H3,(H2,13,14,15). The summed E-state index contributed by atoms with van der Waals surface area (Å²) in [6.45, 7) is 0. The van der Waals surface area contributed by atoms with E-state index in [0.29, 0.717) is 5.95 Å². The van der Waals surface area contributed by atoms with Gasteiger partial charge in [0.05, 0.1) is 12.8 Å². The zero-order chi connectivity index (χ0) is 12.3. The zero-order valence-corrected chi connectivity index (χ0v) is 10.5. The summed E-state index contributed by atoms with van der Waals surface area (Å²) in [5, 5.41) is 0.864. The largest absolute Gasteiger partial charge is 0.497 e. The Labute approximate surface area is 104 Å². The van der Waals surface area contributed by atoms with E-state index >= 15 is 0 Å². The van der Waals surface area contributed by atoms with Crippen LogP contribution in [0.3, 0.4) is 0 Å². The first-order valence-electron chi connectivity index (χ1n) is 5.06. The number of methoxy groups -OCH3 is 1. The lowest BCUT2D eigenvalue weighted by atomic mass is 10.1. The molecule has 0 bridgehead atoms. The van der Waals surface area contributed by atoms with E-state index in [1.807, 2.05) is 36.6 Å². The van der Waals surface area contributed by atoms with Gasteiger partial charge in [0.25, 0.3) is 0 Å². The Kier molecular flexibility index (Phi) is 3.49. The Morgan fingerprint density at radius 3 is 2.47 bits per heavy atom. The third-order valence-electron chi connectivity index (χ3n) is 2.31. The molecular formula is C12H13N3OS. The fraction of sp³-hybridized carbons (Fsp3) is 0.167. The van der Waals surface area contributed by atoms with Crippen LogP contribution in [0.25, 0.3) is 11.3 Å². The molecule has 1 aromatic carbocycles. The number of hydrogen-bond acceptors (Lipinski definition) is 5. The van der Waals surface area contributed by atoms with Gasteiger partial charge in [0.1, 0.15) is 10.8 Å². The first-order valence-corrected chi connectivity index (χ1v) is 6.28. The van der Waals surface area contributed by atoms with Gasteiger partial charge in [0, 0.05) is 5.56 Å². The van der Waals surface area contributed by atoms with E-state index in [-0.39, 0.29) is 0 Å². The highest BCUT2D eigenvalue weighted by atomic mass is 32.2. The number of ether oxygens (including phenoxy) is 1. The second kappa shape index (κ2) is 5.05. The predicted octanol–water partition coefficient (Wildman–Crippen LogP) is 2.46. The highest BCUT2D eigenvalue weighted by Crippen LogP contribution is 2.24. The van der Waals surface area contributed by atoms with Crippen LogP contribution < -0.4 is 10.5 Å². The minimum Gasteiger partial charge on any atom is -0.497 e. The predicted molar refractivity (Wildman–Crippen MR) is 70.2 cm³/mol. The summed E-state index contributed by atoms with van der Waals surface area (Å²) >= 11 is 1.54. The van der Waals surface area contributed by atoms with Crippen LogP contribution in [0, 0.1) is 0 Å². The topological polar surface area (TPSA) is 61.0 Å². The van der Waals surface area contributed by atoms with Crippen molar-refractivity contribution < 1.29 is 4.74 Å². The Morgan fingerprint density at radius 1 is 1.18 bits per heavy atom. The van der Waals surface area contributed by atoms with Crippen molar-refractivity contribution in [1.29, 1.82) is 0 Å². The first kappa shape index (κ1) is 11.7. The van der Waals surface area contributed by atoms with E-state index in [9.17, 15) is 0 Å². The normalized spacial score (nSPS) is 10.2. The maximum Gasteiger partial charge on any atom is 0.221 e. The maximum atomic E-state index is 5.67. The molecule has 4 nitrogen and oxygen atoms in total. The molecule has 0 fully saturated rings. The smallest absolute Gasteiger partial charge is 0.221 e.